The lowest BCUT2D eigenvalue weighted by Crippen LogP contribution is -2.39. The van der Waals surface area contributed by atoms with Gasteiger partial charge in [-0.05, 0) is 26.0 Å². The molecular weight excluding hydrogens is 278 g/mol. The highest BCUT2D eigenvalue weighted by atomic mass is 32.2. The summed E-state index contributed by atoms with van der Waals surface area (Å²) in [6.07, 6.45) is 0. The maximum Gasteiger partial charge on any atom is 0.255 e. The first-order valence-corrected chi connectivity index (χ1v) is 8.24. The topological polar surface area (TPSA) is 74.7 Å². The van der Waals surface area contributed by atoms with Crippen molar-refractivity contribution in [3.05, 3.63) is 29.8 Å². The van der Waals surface area contributed by atoms with Crippen LogP contribution in [0.2, 0.25) is 0 Å². The molecule has 0 saturated heterocycles. The van der Waals surface area contributed by atoms with Crippen LogP contribution in [0.5, 0.6) is 0 Å². The number of carbonyl (C=O) groups excluding carboxylic acids is 1. The van der Waals surface area contributed by atoms with Gasteiger partial charge in [-0.25, -0.2) is 8.42 Å². The fourth-order valence-electron chi connectivity index (χ4n) is 1.93. The summed E-state index contributed by atoms with van der Waals surface area (Å²) < 4.78 is 24.1. The smallest absolute Gasteiger partial charge is 0.255 e. The first-order chi connectivity index (χ1) is 9.35. The molecule has 0 aromatic heterocycles. The number of rotatable bonds is 6. The van der Waals surface area contributed by atoms with E-state index in [1.807, 2.05) is 13.8 Å². The van der Waals surface area contributed by atoms with Crippen molar-refractivity contribution in [1.82, 2.24) is 4.90 Å². The summed E-state index contributed by atoms with van der Waals surface area (Å²) in [7, 11) is -3.46. The van der Waals surface area contributed by atoms with Gasteiger partial charge in [0.05, 0.1) is 22.8 Å². The van der Waals surface area contributed by atoms with Crippen LogP contribution in [0.15, 0.2) is 29.2 Å². The first kappa shape index (κ1) is 16.7. The normalized spacial score (nSPS) is 11.7. The molecule has 1 aromatic rings. The molecule has 0 fully saturated rings. The number of carbonyl (C=O) groups is 1. The van der Waals surface area contributed by atoms with E-state index in [4.69, 9.17) is 5.11 Å². The molecule has 0 heterocycles. The molecule has 0 aliphatic rings. The molecule has 112 valence electrons. The Morgan fingerprint density at radius 2 is 1.90 bits per heavy atom. The van der Waals surface area contributed by atoms with E-state index >= 15 is 0 Å². The molecule has 0 spiro atoms. The second-order valence-corrected chi connectivity index (χ2v) is 6.96. The lowest BCUT2D eigenvalue weighted by Gasteiger charge is -2.26. The molecular formula is C14H21NO4S. The van der Waals surface area contributed by atoms with Gasteiger partial charge in [0, 0.05) is 12.6 Å². The highest BCUT2D eigenvalue weighted by Gasteiger charge is 2.25. The second kappa shape index (κ2) is 6.85. The zero-order valence-corrected chi connectivity index (χ0v) is 12.9. The maximum absolute atomic E-state index is 12.5. The number of aliphatic hydroxyl groups is 1. The minimum Gasteiger partial charge on any atom is -0.395 e. The molecule has 0 bridgehead atoms. The van der Waals surface area contributed by atoms with E-state index in [0.29, 0.717) is 0 Å². The van der Waals surface area contributed by atoms with Gasteiger partial charge >= 0.3 is 0 Å². The molecule has 0 radical (unpaired) electrons. The zero-order chi connectivity index (χ0) is 15.3. The van der Waals surface area contributed by atoms with Crippen molar-refractivity contribution < 1.29 is 18.3 Å². The van der Waals surface area contributed by atoms with Crippen LogP contribution in [-0.4, -0.2) is 49.3 Å². The highest BCUT2D eigenvalue weighted by Crippen LogP contribution is 2.19. The summed E-state index contributed by atoms with van der Waals surface area (Å²) in [5.74, 6) is -0.430. The largest absolute Gasteiger partial charge is 0.395 e. The van der Waals surface area contributed by atoms with Gasteiger partial charge in [-0.2, -0.15) is 0 Å². The van der Waals surface area contributed by atoms with Gasteiger partial charge in [-0.15, -0.1) is 0 Å². The zero-order valence-electron chi connectivity index (χ0n) is 12.0. The summed E-state index contributed by atoms with van der Waals surface area (Å²) >= 11 is 0. The summed E-state index contributed by atoms with van der Waals surface area (Å²) in [6.45, 7) is 5.21. The van der Waals surface area contributed by atoms with Crippen molar-refractivity contribution in [3.8, 4) is 0 Å². The van der Waals surface area contributed by atoms with Crippen molar-refractivity contribution in [3.63, 3.8) is 0 Å². The van der Waals surface area contributed by atoms with Gasteiger partial charge in [0.25, 0.3) is 5.91 Å². The van der Waals surface area contributed by atoms with Crippen LogP contribution in [0.1, 0.15) is 31.1 Å². The fraction of sp³-hybridized carbons (Fsp3) is 0.500. The fourth-order valence-corrected chi connectivity index (χ4v) is 3.01. The summed E-state index contributed by atoms with van der Waals surface area (Å²) in [6, 6.07) is 6.08. The lowest BCUT2D eigenvalue weighted by molar-refractivity contribution is 0.0661. The Bertz CT molecular complexity index is 566. The predicted molar refractivity (Wildman–Crippen MR) is 77.4 cm³/mol. The van der Waals surface area contributed by atoms with E-state index in [2.05, 4.69) is 0 Å². The van der Waals surface area contributed by atoms with Crippen molar-refractivity contribution in [2.75, 3.05) is 18.9 Å². The standard InChI is InChI=1S/C14H21NO4S/c1-4-20(18,19)13-8-6-5-7-12(13)14(17)15(9-10-16)11(2)3/h5-8,11,16H,4,9-10H2,1-3H3. The first-order valence-electron chi connectivity index (χ1n) is 6.58. The van der Waals surface area contributed by atoms with Crippen LogP contribution in [-0.2, 0) is 9.84 Å². The molecule has 0 unspecified atom stereocenters. The van der Waals surface area contributed by atoms with Crippen molar-refractivity contribution in [2.45, 2.75) is 31.7 Å². The van der Waals surface area contributed by atoms with Crippen LogP contribution in [0, 0.1) is 0 Å². The monoisotopic (exact) mass is 299 g/mol. The molecule has 1 rings (SSSR count). The summed E-state index contributed by atoms with van der Waals surface area (Å²) in [5, 5.41) is 9.04. The SMILES string of the molecule is CCS(=O)(=O)c1ccccc1C(=O)N(CCO)C(C)C. The lowest BCUT2D eigenvalue weighted by atomic mass is 10.1. The van der Waals surface area contributed by atoms with E-state index in [0.717, 1.165) is 0 Å². The summed E-state index contributed by atoms with van der Waals surface area (Å²) in [4.78, 5) is 14.0. The third-order valence-corrected chi connectivity index (χ3v) is 4.84. The molecule has 1 amide bonds. The molecule has 0 aliphatic heterocycles. The van der Waals surface area contributed by atoms with E-state index in [-0.39, 0.29) is 41.3 Å². The van der Waals surface area contributed by atoms with Crippen molar-refractivity contribution in [1.29, 1.82) is 0 Å². The number of aliphatic hydroxyl groups excluding tert-OH is 1. The van der Waals surface area contributed by atoms with Crippen LogP contribution in [0.25, 0.3) is 0 Å². The number of hydrogen-bond acceptors (Lipinski definition) is 4. The van der Waals surface area contributed by atoms with Gasteiger partial charge in [0.1, 0.15) is 0 Å². The molecule has 20 heavy (non-hydrogen) atoms. The van der Waals surface area contributed by atoms with Gasteiger partial charge < -0.3 is 10.0 Å². The molecule has 0 saturated carbocycles. The number of sulfone groups is 1. The van der Waals surface area contributed by atoms with Crippen LogP contribution in [0.4, 0.5) is 0 Å². The molecule has 6 heteroatoms. The molecule has 1 N–H and O–H groups in total. The average molecular weight is 299 g/mol. The third kappa shape index (κ3) is 3.58. The Balaban J connectivity index is 3.29. The average Bonchev–Trinajstić information content (AvgIpc) is 2.43. The number of amides is 1. The van der Waals surface area contributed by atoms with E-state index in [1.165, 1.54) is 17.0 Å². The number of nitrogens with zero attached hydrogens (tertiary/aromatic N) is 1. The third-order valence-electron chi connectivity index (χ3n) is 3.06. The quantitative estimate of drug-likeness (QED) is 0.859. The minimum atomic E-state index is -3.46. The Hall–Kier alpha value is -1.40. The molecule has 5 nitrogen and oxygen atoms in total. The van der Waals surface area contributed by atoms with Crippen molar-refractivity contribution in [2.24, 2.45) is 0 Å². The van der Waals surface area contributed by atoms with E-state index in [9.17, 15) is 13.2 Å². The molecule has 1 aromatic carbocycles. The van der Waals surface area contributed by atoms with Crippen LogP contribution < -0.4 is 0 Å². The van der Waals surface area contributed by atoms with E-state index < -0.39 is 9.84 Å². The van der Waals surface area contributed by atoms with Crippen LogP contribution >= 0.6 is 0 Å². The number of hydrogen-bond donors (Lipinski definition) is 1. The van der Waals surface area contributed by atoms with Gasteiger partial charge in [-0.1, -0.05) is 19.1 Å². The second-order valence-electron chi connectivity index (χ2n) is 4.72. The highest BCUT2D eigenvalue weighted by molar-refractivity contribution is 7.91. The van der Waals surface area contributed by atoms with Gasteiger partial charge in [0.2, 0.25) is 0 Å². The predicted octanol–water partition coefficient (Wildman–Crippen LogP) is 1.32. The van der Waals surface area contributed by atoms with E-state index in [1.54, 1.807) is 19.1 Å². The Kier molecular flexibility index (Phi) is 5.71. The summed E-state index contributed by atoms with van der Waals surface area (Å²) in [5.41, 5.74) is 0.163. The molecule has 0 aliphatic carbocycles. The Labute approximate surface area is 120 Å². The Morgan fingerprint density at radius 1 is 1.30 bits per heavy atom. The van der Waals surface area contributed by atoms with Gasteiger partial charge in [-0.3, -0.25) is 4.79 Å². The Morgan fingerprint density at radius 3 is 2.40 bits per heavy atom. The van der Waals surface area contributed by atoms with Crippen molar-refractivity contribution >= 4 is 15.7 Å². The number of benzene rings is 1. The maximum atomic E-state index is 12.5. The minimum absolute atomic E-state index is 0.0519. The molecule has 0 atom stereocenters. The van der Waals surface area contributed by atoms with Gasteiger partial charge in [0.15, 0.2) is 9.84 Å². The van der Waals surface area contributed by atoms with Crippen LogP contribution in [0.3, 0.4) is 0 Å².